The van der Waals surface area contributed by atoms with Crippen molar-refractivity contribution in [3.63, 3.8) is 0 Å². The van der Waals surface area contributed by atoms with E-state index in [4.69, 9.17) is 5.26 Å². The minimum atomic E-state index is -3.77. The van der Waals surface area contributed by atoms with Crippen molar-refractivity contribution in [1.29, 1.82) is 5.26 Å². The van der Waals surface area contributed by atoms with E-state index in [2.05, 4.69) is 9.71 Å². The summed E-state index contributed by atoms with van der Waals surface area (Å²) in [6.45, 7) is 0. The van der Waals surface area contributed by atoms with Gasteiger partial charge < -0.3 is 4.90 Å². The molecule has 0 amide bonds. The van der Waals surface area contributed by atoms with Crippen molar-refractivity contribution < 1.29 is 8.42 Å². The number of nitrogens with one attached hydrogen (secondary N) is 1. The Hall–Kier alpha value is -2.59. The lowest BCUT2D eigenvalue weighted by atomic mass is 10.2. The van der Waals surface area contributed by atoms with Crippen LogP contribution in [-0.2, 0) is 10.0 Å². The lowest BCUT2D eigenvalue weighted by molar-refractivity contribution is 0.601. The molecule has 108 valence electrons. The maximum Gasteiger partial charge on any atom is 0.263 e. The molecule has 0 unspecified atom stereocenters. The van der Waals surface area contributed by atoms with Gasteiger partial charge in [0, 0.05) is 32.2 Å². The minimum Gasteiger partial charge on any atom is -0.378 e. The van der Waals surface area contributed by atoms with E-state index < -0.39 is 10.0 Å². The van der Waals surface area contributed by atoms with E-state index in [1.165, 1.54) is 24.5 Å². The first-order chi connectivity index (χ1) is 9.94. The third-order valence-electron chi connectivity index (χ3n) is 2.83. The Labute approximate surface area is 123 Å². The van der Waals surface area contributed by atoms with Crippen molar-refractivity contribution >= 4 is 21.4 Å². The monoisotopic (exact) mass is 302 g/mol. The van der Waals surface area contributed by atoms with E-state index in [0.29, 0.717) is 0 Å². The standard InChI is InChI=1S/C14H14N4O2S/c1-18(2)12-6-5-11(9-15)14(8-12)17-21(19,20)13-4-3-7-16-10-13/h3-8,10,17H,1-2H3. The topological polar surface area (TPSA) is 86.1 Å². The molecule has 0 fully saturated rings. The van der Waals surface area contributed by atoms with Gasteiger partial charge in [-0.1, -0.05) is 0 Å². The van der Waals surface area contributed by atoms with Crippen molar-refractivity contribution in [2.75, 3.05) is 23.7 Å². The van der Waals surface area contributed by atoms with E-state index in [1.54, 1.807) is 18.2 Å². The van der Waals surface area contributed by atoms with Crippen LogP contribution in [0.2, 0.25) is 0 Å². The first-order valence-electron chi connectivity index (χ1n) is 6.08. The summed E-state index contributed by atoms with van der Waals surface area (Å²) in [5.41, 5.74) is 1.29. The first kappa shape index (κ1) is 14.8. The van der Waals surface area contributed by atoms with Gasteiger partial charge in [-0.05, 0) is 30.3 Å². The number of nitrogens with zero attached hydrogens (tertiary/aromatic N) is 3. The van der Waals surface area contributed by atoms with Crippen LogP contribution in [0.4, 0.5) is 11.4 Å². The van der Waals surface area contributed by atoms with Crippen LogP contribution in [0.5, 0.6) is 0 Å². The third-order valence-corrected chi connectivity index (χ3v) is 4.18. The van der Waals surface area contributed by atoms with Gasteiger partial charge in [0.25, 0.3) is 10.0 Å². The minimum absolute atomic E-state index is 0.0455. The fraction of sp³-hybridized carbons (Fsp3) is 0.143. The molecule has 1 heterocycles. The van der Waals surface area contributed by atoms with Crippen LogP contribution in [-0.4, -0.2) is 27.5 Å². The van der Waals surface area contributed by atoms with E-state index in [1.807, 2.05) is 25.1 Å². The van der Waals surface area contributed by atoms with Gasteiger partial charge in [0.15, 0.2) is 0 Å². The quantitative estimate of drug-likeness (QED) is 0.931. The average molecular weight is 302 g/mol. The average Bonchev–Trinajstić information content (AvgIpc) is 2.47. The molecule has 0 spiro atoms. The highest BCUT2D eigenvalue weighted by molar-refractivity contribution is 7.92. The predicted molar refractivity (Wildman–Crippen MR) is 80.5 cm³/mol. The highest BCUT2D eigenvalue weighted by Gasteiger charge is 2.16. The molecule has 1 aromatic carbocycles. The number of aromatic nitrogens is 1. The summed E-state index contributed by atoms with van der Waals surface area (Å²) in [5, 5.41) is 9.10. The normalized spacial score (nSPS) is 10.7. The molecule has 1 N–H and O–H groups in total. The molecule has 6 nitrogen and oxygen atoms in total. The second-order valence-corrected chi connectivity index (χ2v) is 6.21. The van der Waals surface area contributed by atoms with E-state index in [-0.39, 0.29) is 16.1 Å². The van der Waals surface area contributed by atoms with Gasteiger partial charge in [-0.2, -0.15) is 5.26 Å². The molecule has 2 rings (SSSR count). The largest absolute Gasteiger partial charge is 0.378 e. The molecule has 1 aromatic heterocycles. The number of rotatable bonds is 4. The van der Waals surface area contributed by atoms with E-state index >= 15 is 0 Å². The molecule has 0 saturated heterocycles. The molecule has 7 heteroatoms. The van der Waals surface area contributed by atoms with Crippen molar-refractivity contribution in [2.45, 2.75) is 4.90 Å². The van der Waals surface area contributed by atoms with Crippen LogP contribution < -0.4 is 9.62 Å². The highest BCUT2D eigenvalue weighted by atomic mass is 32.2. The van der Waals surface area contributed by atoms with Crippen molar-refractivity contribution in [3.05, 3.63) is 48.3 Å². The van der Waals surface area contributed by atoms with E-state index in [0.717, 1.165) is 5.69 Å². The van der Waals surface area contributed by atoms with Crippen LogP contribution in [0.3, 0.4) is 0 Å². The number of hydrogen-bond acceptors (Lipinski definition) is 5. The summed E-state index contributed by atoms with van der Waals surface area (Å²) in [6.07, 6.45) is 2.75. The molecule has 0 bridgehead atoms. The summed E-state index contributed by atoms with van der Waals surface area (Å²) in [7, 11) is -0.102. The zero-order chi connectivity index (χ0) is 15.5. The Bertz CT molecular complexity index is 780. The second kappa shape index (κ2) is 5.81. The number of sulfonamides is 1. The van der Waals surface area contributed by atoms with Crippen LogP contribution in [0, 0.1) is 11.3 Å². The van der Waals surface area contributed by atoms with Crippen molar-refractivity contribution in [3.8, 4) is 6.07 Å². The van der Waals surface area contributed by atoms with Crippen molar-refractivity contribution in [1.82, 2.24) is 4.98 Å². The third kappa shape index (κ3) is 3.30. The van der Waals surface area contributed by atoms with Crippen LogP contribution in [0.1, 0.15) is 5.56 Å². The summed E-state index contributed by atoms with van der Waals surface area (Å²) >= 11 is 0. The maximum atomic E-state index is 12.3. The molecule has 0 aliphatic carbocycles. The van der Waals surface area contributed by atoms with Gasteiger partial charge in [-0.15, -0.1) is 0 Å². The molecular weight excluding hydrogens is 288 g/mol. The lowest BCUT2D eigenvalue weighted by Crippen LogP contribution is -2.15. The Morgan fingerprint density at radius 3 is 2.62 bits per heavy atom. The Morgan fingerprint density at radius 2 is 2.05 bits per heavy atom. The van der Waals surface area contributed by atoms with Crippen LogP contribution in [0.15, 0.2) is 47.6 Å². The molecule has 0 radical (unpaired) electrons. The molecular formula is C14H14N4O2S. The second-order valence-electron chi connectivity index (χ2n) is 4.53. The zero-order valence-electron chi connectivity index (χ0n) is 11.6. The number of benzene rings is 1. The fourth-order valence-electron chi connectivity index (χ4n) is 1.70. The van der Waals surface area contributed by atoms with Gasteiger partial charge in [0.1, 0.15) is 11.0 Å². The van der Waals surface area contributed by atoms with Gasteiger partial charge in [-0.3, -0.25) is 9.71 Å². The van der Waals surface area contributed by atoms with Crippen LogP contribution >= 0.6 is 0 Å². The van der Waals surface area contributed by atoms with Gasteiger partial charge in [-0.25, -0.2) is 8.42 Å². The SMILES string of the molecule is CN(C)c1ccc(C#N)c(NS(=O)(=O)c2cccnc2)c1. The van der Waals surface area contributed by atoms with Gasteiger partial charge in [0.2, 0.25) is 0 Å². The molecule has 2 aromatic rings. The fourth-order valence-corrected chi connectivity index (χ4v) is 2.74. The maximum absolute atomic E-state index is 12.3. The predicted octanol–water partition coefficient (Wildman–Crippen LogP) is 1.82. The number of pyridine rings is 1. The molecule has 0 aliphatic heterocycles. The number of anilines is 2. The zero-order valence-corrected chi connectivity index (χ0v) is 12.4. The number of nitriles is 1. The summed E-state index contributed by atoms with van der Waals surface area (Å²) in [4.78, 5) is 5.66. The first-order valence-corrected chi connectivity index (χ1v) is 7.56. The molecule has 21 heavy (non-hydrogen) atoms. The van der Waals surface area contributed by atoms with Crippen LogP contribution in [0.25, 0.3) is 0 Å². The summed E-state index contributed by atoms with van der Waals surface area (Å²) < 4.78 is 27.0. The molecule has 0 aliphatic rings. The lowest BCUT2D eigenvalue weighted by Gasteiger charge is -2.15. The van der Waals surface area contributed by atoms with Gasteiger partial charge in [0.05, 0.1) is 11.3 Å². The summed E-state index contributed by atoms with van der Waals surface area (Å²) in [6, 6.07) is 9.90. The van der Waals surface area contributed by atoms with Crippen molar-refractivity contribution in [2.24, 2.45) is 0 Å². The molecule has 0 atom stereocenters. The Morgan fingerprint density at radius 1 is 1.29 bits per heavy atom. The molecule has 0 saturated carbocycles. The highest BCUT2D eigenvalue weighted by Crippen LogP contribution is 2.24. The Kier molecular flexibility index (Phi) is 4.10. The summed E-state index contributed by atoms with van der Waals surface area (Å²) in [5.74, 6) is 0. The smallest absolute Gasteiger partial charge is 0.263 e. The van der Waals surface area contributed by atoms with Gasteiger partial charge >= 0.3 is 0 Å². The number of hydrogen-bond donors (Lipinski definition) is 1. The Balaban J connectivity index is 2.44. The van der Waals surface area contributed by atoms with E-state index in [9.17, 15) is 8.42 Å².